The molecular weight excluding hydrogens is 344 g/mol. The molecule has 1 fully saturated rings. The molecule has 1 aromatic carbocycles. The summed E-state index contributed by atoms with van der Waals surface area (Å²) in [5.74, 6) is 0.718. The molecule has 26 heavy (non-hydrogen) atoms. The van der Waals surface area contributed by atoms with Crippen LogP contribution in [0, 0.1) is 13.8 Å². The van der Waals surface area contributed by atoms with Gasteiger partial charge in [0, 0.05) is 11.4 Å². The van der Waals surface area contributed by atoms with Gasteiger partial charge in [-0.1, -0.05) is 24.6 Å². The highest BCUT2D eigenvalue weighted by Gasteiger charge is 2.23. The van der Waals surface area contributed by atoms with Crippen LogP contribution in [0.15, 0.2) is 35.7 Å². The molecule has 1 aliphatic rings. The number of piperidine rings is 1. The third kappa shape index (κ3) is 4.86. The van der Waals surface area contributed by atoms with Gasteiger partial charge in [-0.05, 0) is 68.4 Å². The number of carbonyl (C=O) groups excluding carboxylic acids is 1. The second kappa shape index (κ2) is 9.19. The second-order valence-corrected chi connectivity index (χ2v) is 7.90. The molecule has 1 aliphatic heterocycles. The van der Waals surface area contributed by atoms with Crippen LogP contribution in [-0.2, 0) is 4.79 Å². The summed E-state index contributed by atoms with van der Waals surface area (Å²) >= 11 is 1.77. The van der Waals surface area contributed by atoms with E-state index in [0.717, 1.165) is 24.4 Å². The summed E-state index contributed by atoms with van der Waals surface area (Å²) in [7, 11) is 0. The van der Waals surface area contributed by atoms with Gasteiger partial charge in [0.1, 0.15) is 5.75 Å². The zero-order valence-electron chi connectivity index (χ0n) is 15.7. The molecule has 0 aliphatic carbocycles. The number of likely N-dealkylation sites (tertiary alicyclic amines) is 1. The first-order valence-corrected chi connectivity index (χ1v) is 10.3. The molecule has 1 N–H and O–H groups in total. The molecule has 4 nitrogen and oxygen atoms in total. The molecule has 1 aromatic heterocycles. The molecule has 1 amide bonds. The van der Waals surface area contributed by atoms with Crippen molar-refractivity contribution in [3.05, 3.63) is 51.7 Å². The van der Waals surface area contributed by atoms with Gasteiger partial charge in [-0.3, -0.25) is 9.69 Å². The summed E-state index contributed by atoms with van der Waals surface area (Å²) in [6, 6.07) is 10.4. The Morgan fingerprint density at radius 3 is 2.73 bits per heavy atom. The van der Waals surface area contributed by atoms with Crippen LogP contribution in [0.1, 0.15) is 41.3 Å². The molecule has 5 heteroatoms. The molecule has 3 rings (SSSR count). The van der Waals surface area contributed by atoms with Crippen LogP contribution in [0.3, 0.4) is 0 Å². The number of amides is 1. The zero-order chi connectivity index (χ0) is 18.4. The minimum absolute atomic E-state index is 0.0570. The van der Waals surface area contributed by atoms with E-state index in [9.17, 15) is 4.79 Å². The zero-order valence-corrected chi connectivity index (χ0v) is 16.5. The molecule has 2 heterocycles. The molecule has 2 aromatic rings. The van der Waals surface area contributed by atoms with Crippen molar-refractivity contribution in [1.29, 1.82) is 0 Å². The number of thiophene rings is 1. The Hall–Kier alpha value is -1.85. The largest absolute Gasteiger partial charge is 0.483 e. The Balaban J connectivity index is 1.54. The fourth-order valence-electron chi connectivity index (χ4n) is 3.41. The van der Waals surface area contributed by atoms with E-state index in [1.54, 1.807) is 11.3 Å². The third-order valence-corrected chi connectivity index (χ3v) is 6.08. The summed E-state index contributed by atoms with van der Waals surface area (Å²) in [6.45, 7) is 6.98. The maximum atomic E-state index is 12.3. The average Bonchev–Trinajstić information content (AvgIpc) is 3.18. The van der Waals surface area contributed by atoms with Crippen molar-refractivity contribution < 1.29 is 9.53 Å². The van der Waals surface area contributed by atoms with Gasteiger partial charge in [-0.15, -0.1) is 11.3 Å². The number of hydrogen-bond acceptors (Lipinski definition) is 4. The topological polar surface area (TPSA) is 41.6 Å². The summed E-state index contributed by atoms with van der Waals surface area (Å²) in [5.41, 5.74) is 2.26. The van der Waals surface area contributed by atoms with E-state index in [4.69, 9.17) is 4.74 Å². The molecule has 0 unspecified atom stereocenters. The van der Waals surface area contributed by atoms with Crippen LogP contribution >= 0.6 is 11.3 Å². The van der Waals surface area contributed by atoms with E-state index in [0.29, 0.717) is 6.54 Å². The minimum atomic E-state index is -0.0653. The molecule has 140 valence electrons. The lowest BCUT2D eigenvalue weighted by Crippen LogP contribution is -2.41. The first-order chi connectivity index (χ1) is 12.6. The highest BCUT2D eigenvalue weighted by molar-refractivity contribution is 7.10. The number of carbonyl (C=O) groups is 1. The maximum Gasteiger partial charge on any atom is 0.258 e. The third-order valence-electron chi connectivity index (χ3n) is 5.11. The van der Waals surface area contributed by atoms with Crippen LogP contribution in [0.4, 0.5) is 0 Å². The van der Waals surface area contributed by atoms with Crippen LogP contribution in [0.2, 0.25) is 0 Å². The van der Waals surface area contributed by atoms with Gasteiger partial charge in [0.2, 0.25) is 0 Å². The Morgan fingerprint density at radius 2 is 2.00 bits per heavy atom. The smallest absolute Gasteiger partial charge is 0.258 e. The molecule has 0 radical (unpaired) electrons. The number of rotatable bonds is 7. The van der Waals surface area contributed by atoms with Gasteiger partial charge in [-0.25, -0.2) is 0 Å². The van der Waals surface area contributed by atoms with Gasteiger partial charge in [0.05, 0.1) is 6.04 Å². The van der Waals surface area contributed by atoms with Crippen molar-refractivity contribution in [3.8, 4) is 5.75 Å². The lowest BCUT2D eigenvalue weighted by atomic mass is 10.1. The van der Waals surface area contributed by atoms with Crippen molar-refractivity contribution in [2.45, 2.75) is 39.2 Å². The van der Waals surface area contributed by atoms with E-state index in [1.807, 2.05) is 32.0 Å². The molecular formula is C21H28N2O2S. The number of ether oxygens (including phenoxy) is 1. The van der Waals surface area contributed by atoms with Gasteiger partial charge in [0.25, 0.3) is 5.91 Å². The first kappa shape index (κ1) is 18.9. The monoisotopic (exact) mass is 372 g/mol. The second-order valence-electron chi connectivity index (χ2n) is 6.92. The molecule has 0 saturated carbocycles. The molecule has 1 atom stereocenters. The van der Waals surface area contributed by atoms with Gasteiger partial charge >= 0.3 is 0 Å². The molecule has 1 saturated heterocycles. The summed E-state index contributed by atoms with van der Waals surface area (Å²) < 4.78 is 5.72. The minimum Gasteiger partial charge on any atom is -0.483 e. The van der Waals surface area contributed by atoms with Gasteiger partial charge in [-0.2, -0.15) is 0 Å². The lowest BCUT2D eigenvalue weighted by Gasteiger charge is -2.34. The highest BCUT2D eigenvalue weighted by atomic mass is 32.1. The van der Waals surface area contributed by atoms with Crippen LogP contribution in [0.25, 0.3) is 0 Å². The highest BCUT2D eigenvalue weighted by Crippen LogP contribution is 2.27. The predicted molar refractivity (Wildman–Crippen MR) is 107 cm³/mol. The number of hydrogen-bond donors (Lipinski definition) is 1. The van der Waals surface area contributed by atoms with E-state index in [1.165, 1.54) is 29.7 Å². The lowest BCUT2D eigenvalue weighted by molar-refractivity contribution is -0.123. The Bertz CT molecular complexity index is 709. The maximum absolute atomic E-state index is 12.3. The fourth-order valence-corrected chi connectivity index (χ4v) is 4.27. The number of benzene rings is 1. The number of nitrogens with one attached hydrogen (secondary N) is 1. The van der Waals surface area contributed by atoms with Crippen LogP contribution in [0.5, 0.6) is 5.75 Å². The molecule has 0 spiro atoms. The number of nitrogens with zero attached hydrogens (tertiary/aromatic N) is 1. The summed E-state index contributed by atoms with van der Waals surface area (Å²) in [6.07, 6.45) is 3.79. The quantitative estimate of drug-likeness (QED) is 0.796. The summed E-state index contributed by atoms with van der Waals surface area (Å²) in [5, 5.41) is 5.18. The fraction of sp³-hybridized carbons (Fsp3) is 0.476. The molecule has 0 bridgehead atoms. The average molecular weight is 373 g/mol. The predicted octanol–water partition coefficient (Wildman–Crippen LogP) is 4.09. The van der Waals surface area contributed by atoms with Crippen molar-refractivity contribution >= 4 is 17.2 Å². The van der Waals surface area contributed by atoms with Crippen molar-refractivity contribution in [1.82, 2.24) is 10.2 Å². The SMILES string of the molecule is Cc1cccc(OCC(=O)NC[C@H](c2cccs2)N2CCCCC2)c1C. The Morgan fingerprint density at radius 1 is 1.19 bits per heavy atom. The van der Waals surface area contributed by atoms with E-state index >= 15 is 0 Å². The van der Waals surface area contributed by atoms with Gasteiger partial charge < -0.3 is 10.1 Å². The first-order valence-electron chi connectivity index (χ1n) is 9.38. The van der Waals surface area contributed by atoms with Gasteiger partial charge in [0.15, 0.2) is 6.61 Å². The Labute approximate surface area is 160 Å². The van der Waals surface area contributed by atoms with Crippen molar-refractivity contribution in [3.63, 3.8) is 0 Å². The van der Waals surface area contributed by atoms with E-state index in [2.05, 4.69) is 27.7 Å². The standard InChI is InChI=1S/C21H28N2O2S/c1-16-8-6-9-19(17(16)2)25-15-21(24)22-14-18(20-10-7-13-26-20)23-11-4-3-5-12-23/h6-10,13,18H,3-5,11-12,14-15H2,1-2H3,(H,22,24)/t18-/m1/s1. The van der Waals surface area contributed by atoms with Crippen LogP contribution in [-0.4, -0.2) is 37.0 Å². The Kier molecular flexibility index (Phi) is 6.69. The van der Waals surface area contributed by atoms with E-state index < -0.39 is 0 Å². The number of aryl methyl sites for hydroxylation is 1. The van der Waals surface area contributed by atoms with Crippen molar-refractivity contribution in [2.75, 3.05) is 26.2 Å². The van der Waals surface area contributed by atoms with E-state index in [-0.39, 0.29) is 18.6 Å². The van der Waals surface area contributed by atoms with Crippen molar-refractivity contribution in [2.24, 2.45) is 0 Å². The van der Waals surface area contributed by atoms with Crippen LogP contribution < -0.4 is 10.1 Å². The normalized spacial score (nSPS) is 16.2. The summed E-state index contributed by atoms with van der Waals surface area (Å²) in [4.78, 5) is 16.1.